The van der Waals surface area contributed by atoms with Gasteiger partial charge in [-0.3, -0.25) is 24.8 Å². The van der Waals surface area contributed by atoms with Crippen LogP contribution in [0.25, 0.3) is 11.1 Å². The summed E-state index contributed by atoms with van der Waals surface area (Å²) >= 11 is 0. The summed E-state index contributed by atoms with van der Waals surface area (Å²) in [6.45, 7) is 1.28. The van der Waals surface area contributed by atoms with E-state index in [1.165, 1.54) is 18.1 Å². The fourth-order valence-corrected chi connectivity index (χ4v) is 5.42. The molecule has 0 radical (unpaired) electrons. The van der Waals surface area contributed by atoms with Crippen molar-refractivity contribution in [1.82, 2.24) is 30.3 Å². The number of ether oxygens (including phenoxy) is 1. The molecule has 1 aromatic carbocycles. The molecule has 13 heteroatoms. The van der Waals surface area contributed by atoms with Gasteiger partial charge in [-0.2, -0.15) is 5.10 Å². The lowest BCUT2D eigenvalue weighted by Gasteiger charge is -2.28. The van der Waals surface area contributed by atoms with Gasteiger partial charge in [0.05, 0.1) is 31.0 Å². The summed E-state index contributed by atoms with van der Waals surface area (Å²) < 4.78 is 26.1. The molecule has 0 unspecified atom stereocenters. The molecular weight excluding hydrogens is 533 g/mol. The molecule has 1 saturated heterocycles. The molecule has 0 spiro atoms. The van der Waals surface area contributed by atoms with Crippen molar-refractivity contribution in [3.8, 4) is 5.75 Å². The van der Waals surface area contributed by atoms with Crippen molar-refractivity contribution in [3.63, 3.8) is 0 Å². The van der Waals surface area contributed by atoms with Gasteiger partial charge in [-0.25, -0.2) is 9.37 Å². The number of anilines is 2. The van der Waals surface area contributed by atoms with Crippen LogP contribution in [-0.2, 0) is 21.5 Å². The van der Waals surface area contributed by atoms with Crippen LogP contribution in [0, 0.1) is 5.82 Å². The third-order valence-electron chi connectivity index (χ3n) is 7.56. The van der Waals surface area contributed by atoms with Crippen molar-refractivity contribution >= 4 is 40.3 Å². The van der Waals surface area contributed by atoms with Crippen LogP contribution in [0.2, 0.25) is 0 Å². The van der Waals surface area contributed by atoms with Crippen LogP contribution in [0.5, 0.6) is 5.75 Å². The Bertz CT molecular complexity index is 1670. The summed E-state index contributed by atoms with van der Waals surface area (Å²) in [5.74, 6) is -1.62. The average Bonchev–Trinajstić information content (AvgIpc) is 3.72. The first kappa shape index (κ1) is 26.4. The Kier molecular flexibility index (Phi) is 6.45. The number of pyridine rings is 1. The van der Waals surface area contributed by atoms with Gasteiger partial charge in [-0.05, 0) is 37.9 Å². The molecule has 0 bridgehead atoms. The minimum atomic E-state index is -1.51. The van der Waals surface area contributed by atoms with Crippen molar-refractivity contribution in [2.24, 2.45) is 0 Å². The first-order chi connectivity index (χ1) is 19.7. The van der Waals surface area contributed by atoms with Crippen LogP contribution in [0.1, 0.15) is 28.1 Å². The van der Waals surface area contributed by atoms with Gasteiger partial charge in [0, 0.05) is 38.4 Å². The Morgan fingerprint density at radius 3 is 2.68 bits per heavy atom. The zero-order valence-corrected chi connectivity index (χ0v) is 22.7. The van der Waals surface area contributed by atoms with Gasteiger partial charge < -0.3 is 23.9 Å². The number of likely N-dealkylation sites (N-methyl/N-ethyl adjacent to an activating group) is 1. The number of nitrogens with one attached hydrogen (secondary N) is 2. The van der Waals surface area contributed by atoms with E-state index in [4.69, 9.17) is 14.1 Å². The number of halogens is 1. The van der Waals surface area contributed by atoms with Crippen LogP contribution in [-0.4, -0.2) is 83.5 Å². The van der Waals surface area contributed by atoms with E-state index in [0.29, 0.717) is 29.0 Å². The topological polar surface area (TPSA) is 137 Å². The molecule has 1 atom stereocenters. The summed E-state index contributed by atoms with van der Waals surface area (Å²) in [7, 11) is 5.28. The predicted octanol–water partition coefficient (Wildman–Crippen LogP) is 2.34. The molecule has 1 fully saturated rings. The summed E-state index contributed by atoms with van der Waals surface area (Å²) in [5.41, 5.74) is 0.593. The van der Waals surface area contributed by atoms with Crippen LogP contribution in [0.4, 0.5) is 15.9 Å². The fraction of sp³-hybridized carbons (Fsp3) is 0.321. The van der Waals surface area contributed by atoms with E-state index in [9.17, 15) is 18.8 Å². The van der Waals surface area contributed by atoms with E-state index < -0.39 is 29.0 Å². The second-order valence-electron chi connectivity index (χ2n) is 10.5. The molecule has 2 N–H and O–H groups in total. The number of rotatable bonds is 9. The van der Waals surface area contributed by atoms with Crippen molar-refractivity contribution in [2.45, 2.75) is 18.4 Å². The minimum Gasteiger partial charge on any atom is -0.494 e. The van der Waals surface area contributed by atoms with E-state index in [2.05, 4.69) is 20.4 Å². The average molecular weight is 562 g/mol. The Hall–Kier alpha value is -4.78. The third kappa shape index (κ3) is 4.47. The normalized spacial score (nSPS) is 18.5. The zero-order chi connectivity index (χ0) is 28.9. The van der Waals surface area contributed by atoms with Crippen molar-refractivity contribution < 1.29 is 27.9 Å². The lowest BCUT2D eigenvalue weighted by molar-refractivity contribution is -0.127. The lowest BCUT2D eigenvalue weighted by atomic mass is 9.82. The largest absolute Gasteiger partial charge is 0.494 e. The molecule has 3 aromatic heterocycles. The number of aromatic nitrogens is 3. The number of carbonyl (C=O) groups excluding carboxylic acids is 3. The molecule has 2 aliphatic rings. The highest BCUT2D eigenvalue weighted by Crippen LogP contribution is 2.40. The van der Waals surface area contributed by atoms with Gasteiger partial charge >= 0.3 is 0 Å². The highest BCUT2D eigenvalue weighted by molar-refractivity contribution is 6.10. The van der Waals surface area contributed by atoms with E-state index in [-0.39, 0.29) is 36.6 Å². The highest BCUT2D eigenvalue weighted by atomic mass is 19.1. The Morgan fingerprint density at radius 2 is 2.00 bits per heavy atom. The predicted molar refractivity (Wildman–Crippen MR) is 145 cm³/mol. The molecule has 6 rings (SSSR count). The molecule has 12 nitrogen and oxygen atoms in total. The quantitative estimate of drug-likeness (QED) is 0.295. The van der Waals surface area contributed by atoms with Gasteiger partial charge in [0.2, 0.25) is 11.8 Å². The summed E-state index contributed by atoms with van der Waals surface area (Å²) in [5, 5.41) is 9.23. The third-order valence-corrected chi connectivity index (χ3v) is 7.56. The number of nitrogens with zero attached hydrogens (tertiary/aromatic N) is 5. The number of imide groups is 1. The van der Waals surface area contributed by atoms with Crippen molar-refractivity contribution in [2.75, 3.05) is 45.7 Å². The summed E-state index contributed by atoms with van der Waals surface area (Å²) in [6.07, 6.45) is 3.25. The molecule has 2 aliphatic heterocycles. The number of aromatic amines is 1. The Balaban J connectivity index is 1.36. The van der Waals surface area contributed by atoms with Crippen LogP contribution >= 0.6 is 0 Å². The van der Waals surface area contributed by atoms with E-state index >= 15 is 0 Å². The SMILES string of the molecule is COc1ccc2c(c1F)C(=O)N(C[C@@]1(c3cc4nc(N(CCN(C)C)c5cn[nH]c5)ccc4o3)CC(=O)NC1=O)C2. The molecule has 0 saturated carbocycles. The number of H-pyrrole nitrogens is 1. The second-order valence-corrected chi connectivity index (χ2v) is 10.5. The van der Waals surface area contributed by atoms with Gasteiger partial charge in [-0.15, -0.1) is 0 Å². The molecule has 4 aromatic rings. The lowest BCUT2D eigenvalue weighted by Crippen LogP contribution is -2.46. The Labute approximate surface area is 234 Å². The van der Waals surface area contributed by atoms with Crippen molar-refractivity contribution in [3.05, 3.63) is 65.4 Å². The van der Waals surface area contributed by atoms with Gasteiger partial charge in [0.15, 0.2) is 17.1 Å². The monoisotopic (exact) mass is 561 g/mol. The molecule has 41 heavy (non-hydrogen) atoms. The number of carbonyl (C=O) groups is 3. The molecule has 0 aliphatic carbocycles. The number of furan rings is 1. The maximum atomic E-state index is 15.0. The number of hydrogen-bond donors (Lipinski definition) is 2. The minimum absolute atomic E-state index is 0.0448. The number of benzene rings is 1. The first-order valence-corrected chi connectivity index (χ1v) is 13.0. The fourth-order valence-electron chi connectivity index (χ4n) is 5.42. The van der Waals surface area contributed by atoms with Gasteiger partial charge in [-0.1, -0.05) is 6.07 Å². The van der Waals surface area contributed by atoms with Crippen LogP contribution < -0.4 is 15.0 Å². The number of hydrogen-bond acceptors (Lipinski definition) is 9. The van der Waals surface area contributed by atoms with E-state index in [1.807, 2.05) is 25.1 Å². The highest BCUT2D eigenvalue weighted by Gasteiger charge is 2.53. The van der Waals surface area contributed by atoms with Crippen LogP contribution in [0.15, 0.2) is 47.1 Å². The smallest absolute Gasteiger partial charge is 0.257 e. The first-order valence-electron chi connectivity index (χ1n) is 13.0. The zero-order valence-electron chi connectivity index (χ0n) is 22.7. The standard InChI is InChI=1S/C28H28FN7O5/c1-34(2)8-9-36(17-12-30-31-13-17)22-7-6-19-18(32-22)10-21(41-19)28(11-23(37)33-27(28)39)15-35-14-16-4-5-20(40-3)25(29)24(16)26(35)38/h4-7,10,12-13H,8-9,11,14-15H2,1-3H3,(H,30,31)(H,33,37,39)/t28-/m1/s1. The molecule has 5 heterocycles. The molecule has 3 amide bonds. The number of fused-ring (bicyclic) bond motifs is 2. The van der Waals surface area contributed by atoms with E-state index in [0.717, 1.165) is 12.2 Å². The Morgan fingerprint density at radius 1 is 1.17 bits per heavy atom. The van der Waals surface area contributed by atoms with E-state index in [1.54, 1.807) is 30.6 Å². The molecule has 212 valence electrons. The van der Waals surface area contributed by atoms with Gasteiger partial charge in [0.1, 0.15) is 22.5 Å². The number of amides is 3. The molecular formula is C28H28FN7O5. The summed E-state index contributed by atoms with van der Waals surface area (Å²) in [6, 6.07) is 8.27. The maximum Gasteiger partial charge on any atom is 0.257 e. The number of methoxy groups -OCH3 is 1. The van der Waals surface area contributed by atoms with Crippen LogP contribution in [0.3, 0.4) is 0 Å². The maximum absolute atomic E-state index is 15.0. The second kappa shape index (κ2) is 10.0. The van der Waals surface area contributed by atoms with Crippen molar-refractivity contribution in [1.29, 1.82) is 0 Å². The summed E-state index contributed by atoms with van der Waals surface area (Å²) in [4.78, 5) is 49.3. The van der Waals surface area contributed by atoms with Gasteiger partial charge in [0.25, 0.3) is 5.91 Å².